The highest BCUT2D eigenvalue weighted by Gasteiger charge is 2.34. The van der Waals surface area contributed by atoms with Crippen molar-refractivity contribution in [3.05, 3.63) is 59.8 Å². The van der Waals surface area contributed by atoms with Gasteiger partial charge >= 0.3 is 6.18 Å². The number of nitrogens with one attached hydrogen (secondary N) is 2. The van der Waals surface area contributed by atoms with Gasteiger partial charge in [0.25, 0.3) is 5.91 Å². The van der Waals surface area contributed by atoms with E-state index >= 15 is 0 Å². The molecular formula is C18H15F3N4O2. The Hall–Kier alpha value is -3.49. The maximum Gasteiger partial charge on any atom is 0.417 e. The molecule has 0 fully saturated rings. The highest BCUT2D eigenvalue weighted by molar-refractivity contribution is 6.07. The number of amides is 1. The number of carbonyl (C=O) groups excluding carboxylic acids is 1. The molecule has 2 aromatic carbocycles. The molecule has 0 atom stereocenters. The average molecular weight is 376 g/mol. The fraction of sp³-hybridized carbons (Fsp3) is 0.111. The number of guanidine groups is 1. The lowest BCUT2D eigenvalue weighted by Gasteiger charge is -2.11. The van der Waals surface area contributed by atoms with Crippen molar-refractivity contribution in [2.45, 2.75) is 6.18 Å². The summed E-state index contributed by atoms with van der Waals surface area (Å²) in [4.78, 5) is 18.4. The van der Waals surface area contributed by atoms with E-state index in [1.165, 1.54) is 13.1 Å². The van der Waals surface area contributed by atoms with Gasteiger partial charge in [-0.2, -0.15) is 13.2 Å². The van der Waals surface area contributed by atoms with Crippen LogP contribution in [-0.4, -0.2) is 23.9 Å². The molecule has 4 N–H and O–H groups in total. The van der Waals surface area contributed by atoms with Crippen molar-refractivity contribution >= 4 is 22.8 Å². The second-order valence-electron chi connectivity index (χ2n) is 5.56. The van der Waals surface area contributed by atoms with Gasteiger partial charge in [-0.1, -0.05) is 18.2 Å². The summed E-state index contributed by atoms with van der Waals surface area (Å²) >= 11 is 0. The summed E-state index contributed by atoms with van der Waals surface area (Å²) in [6, 6.07) is 11.8. The van der Waals surface area contributed by atoms with Gasteiger partial charge in [0.1, 0.15) is 11.4 Å². The van der Waals surface area contributed by atoms with E-state index in [9.17, 15) is 18.0 Å². The minimum atomic E-state index is -4.59. The van der Waals surface area contributed by atoms with Gasteiger partial charge in [0.05, 0.1) is 11.1 Å². The number of aliphatic imine (C=N–C) groups is 1. The molecule has 6 nitrogen and oxygen atoms in total. The molecule has 0 unspecified atom stereocenters. The second-order valence-corrected chi connectivity index (χ2v) is 5.56. The van der Waals surface area contributed by atoms with E-state index in [2.05, 4.69) is 15.3 Å². The lowest BCUT2D eigenvalue weighted by molar-refractivity contribution is -0.136. The first-order valence-corrected chi connectivity index (χ1v) is 7.79. The third-order valence-corrected chi connectivity index (χ3v) is 3.76. The van der Waals surface area contributed by atoms with Gasteiger partial charge in [-0.05, 0) is 30.3 Å². The minimum Gasteiger partial charge on any atom is -0.455 e. The third-order valence-electron chi connectivity index (χ3n) is 3.76. The number of alkyl halides is 3. The third kappa shape index (κ3) is 3.86. The number of fused-ring (bicyclic) bond motifs is 1. The van der Waals surface area contributed by atoms with Crippen LogP contribution in [0.3, 0.4) is 0 Å². The summed E-state index contributed by atoms with van der Waals surface area (Å²) in [6.45, 7) is 0. The number of ether oxygens (including phenoxy) is 1. The van der Waals surface area contributed by atoms with E-state index in [-0.39, 0.29) is 28.3 Å². The number of H-pyrrole nitrogens is 1. The standard InChI is InChI=1S/C18H15F3N4O2/c1-23-17(22)25-16(26)13-9-11-12(18(19,20)21)7-8-14(15(11)24-13)27-10-5-3-2-4-6-10/h2-9,24H,1H3,(H3,22,23,25,26). The Bertz CT molecular complexity index is 1010. The van der Waals surface area contributed by atoms with Crippen LogP contribution in [0.2, 0.25) is 0 Å². The number of hydrogen-bond donors (Lipinski definition) is 3. The molecule has 0 spiro atoms. The molecule has 0 aliphatic rings. The lowest BCUT2D eigenvalue weighted by atomic mass is 10.1. The largest absolute Gasteiger partial charge is 0.455 e. The van der Waals surface area contributed by atoms with Crippen LogP contribution in [0.5, 0.6) is 11.5 Å². The van der Waals surface area contributed by atoms with Gasteiger partial charge in [0.2, 0.25) is 0 Å². The number of carbonyl (C=O) groups is 1. The number of halogens is 3. The maximum atomic E-state index is 13.4. The Morgan fingerprint density at radius 1 is 1.19 bits per heavy atom. The molecule has 3 aromatic rings. The van der Waals surface area contributed by atoms with Crippen molar-refractivity contribution < 1.29 is 22.7 Å². The minimum absolute atomic E-state index is 0.0471. The molecule has 0 bridgehead atoms. The zero-order valence-electron chi connectivity index (χ0n) is 14.1. The molecule has 0 radical (unpaired) electrons. The van der Waals surface area contributed by atoms with Gasteiger partial charge in [-0.25, -0.2) is 0 Å². The summed E-state index contributed by atoms with van der Waals surface area (Å²) in [7, 11) is 1.37. The molecule has 140 valence electrons. The number of benzene rings is 2. The first-order valence-electron chi connectivity index (χ1n) is 7.79. The summed E-state index contributed by atoms with van der Waals surface area (Å²) in [5.41, 5.74) is 4.49. The first-order chi connectivity index (χ1) is 12.8. The van der Waals surface area contributed by atoms with E-state index in [0.717, 1.165) is 12.1 Å². The summed E-state index contributed by atoms with van der Waals surface area (Å²) in [5, 5.41) is 2.08. The fourth-order valence-corrected chi connectivity index (χ4v) is 2.50. The topological polar surface area (TPSA) is 92.5 Å². The molecule has 0 aliphatic heterocycles. The second kappa shape index (κ2) is 7.02. The zero-order valence-corrected chi connectivity index (χ0v) is 14.1. The van der Waals surface area contributed by atoms with Crippen LogP contribution in [0.15, 0.2) is 53.5 Å². The zero-order chi connectivity index (χ0) is 19.6. The molecule has 27 heavy (non-hydrogen) atoms. The number of rotatable bonds is 3. The normalized spacial score (nSPS) is 12.2. The van der Waals surface area contributed by atoms with Crippen molar-refractivity contribution in [1.29, 1.82) is 0 Å². The van der Waals surface area contributed by atoms with Crippen molar-refractivity contribution in [2.75, 3.05) is 7.05 Å². The van der Waals surface area contributed by atoms with E-state index in [1.54, 1.807) is 30.3 Å². The molecule has 1 amide bonds. The molecule has 9 heteroatoms. The van der Waals surface area contributed by atoms with E-state index in [1.807, 2.05) is 0 Å². The van der Waals surface area contributed by atoms with Crippen molar-refractivity contribution in [2.24, 2.45) is 10.7 Å². The Kier molecular flexibility index (Phi) is 4.76. The average Bonchev–Trinajstić information content (AvgIpc) is 3.07. The van der Waals surface area contributed by atoms with Crippen molar-refractivity contribution in [3.8, 4) is 11.5 Å². The fourth-order valence-electron chi connectivity index (χ4n) is 2.50. The first kappa shape index (κ1) is 18.3. The van der Waals surface area contributed by atoms with Gasteiger partial charge in [-0.15, -0.1) is 0 Å². The molecule has 0 saturated heterocycles. The maximum absolute atomic E-state index is 13.4. The lowest BCUT2D eigenvalue weighted by Crippen LogP contribution is -2.36. The van der Waals surface area contributed by atoms with Crippen LogP contribution in [-0.2, 0) is 6.18 Å². The number of aromatic nitrogens is 1. The van der Waals surface area contributed by atoms with Gasteiger partial charge in [0, 0.05) is 12.4 Å². The Labute approximate surface area is 151 Å². The van der Waals surface area contributed by atoms with Gasteiger partial charge < -0.3 is 15.5 Å². The summed E-state index contributed by atoms with van der Waals surface area (Å²) in [5.74, 6) is -0.273. The summed E-state index contributed by atoms with van der Waals surface area (Å²) in [6.07, 6.45) is -4.59. The predicted octanol–water partition coefficient (Wildman–Crippen LogP) is 3.65. The van der Waals surface area contributed by atoms with Crippen LogP contribution >= 0.6 is 0 Å². The molecule has 1 heterocycles. The summed E-state index contributed by atoms with van der Waals surface area (Å²) < 4.78 is 45.7. The highest BCUT2D eigenvalue weighted by atomic mass is 19.4. The van der Waals surface area contributed by atoms with Crippen molar-refractivity contribution in [3.63, 3.8) is 0 Å². The monoisotopic (exact) mass is 376 g/mol. The van der Waals surface area contributed by atoms with Crippen LogP contribution in [0.4, 0.5) is 13.2 Å². The SMILES string of the molecule is CN=C(N)NC(=O)c1cc2c(C(F)(F)F)ccc(Oc3ccccc3)c2[nH]1. The smallest absolute Gasteiger partial charge is 0.417 e. The number of aromatic amines is 1. The van der Waals surface area contributed by atoms with Crippen LogP contribution < -0.4 is 15.8 Å². The Morgan fingerprint density at radius 2 is 1.89 bits per heavy atom. The van der Waals surface area contributed by atoms with E-state index in [0.29, 0.717) is 5.75 Å². The number of para-hydroxylation sites is 1. The Morgan fingerprint density at radius 3 is 2.52 bits per heavy atom. The molecule has 0 aliphatic carbocycles. The predicted molar refractivity (Wildman–Crippen MR) is 94.8 cm³/mol. The number of nitrogens with zero attached hydrogens (tertiary/aromatic N) is 1. The Balaban J connectivity index is 2.11. The van der Waals surface area contributed by atoms with Crippen LogP contribution in [0.1, 0.15) is 16.1 Å². The number of hydrogen-bond acceptors (Lipinski definition) is 3. The quantitative estimate of drug-likeness (QED) is 0.481. The van der Waals surface area contributed by atoms with Crippen LogP contribution in [0, 0.1) is 0 Å². The van der Waals surface area contributed by atoms with E-state index in [4.69, 9.17) is 10.5 Å². The van der Waals surface area contributed by atoms with Gasteiger partial charge in [-0.3, -0.25) is 15.1 Å². The van der Waals surface area contributed by atoms with Crippen LogP contribution in [0.25, 0.3) is 10.9 Å². The number of nitrogens with two attached hydrogens (primary N) is 1. The molecule has 0 saturated carbocycles. The van der Waals surface area contributed by atoms with Gasteiger partial charge in [0.15, 0.2) is 11.7 Å². The van der Waals surface area contributed by atoms with Crippen molar-refractivity contribution in [1.82, 2.24) is 10.3 Å². The molecular weight excluding hydrogens is 361 g/mol. The molecule has 3 rings (SSSR count). The molecule has 1 aromatic heterocycles. The van der Waals surface area contributed by atoms with E-state index < -0.39 is 17.6 Å². The highest BCUT2D eigenvalue weighted by Crippen LogP contribution is 2.39.